The minimum atomic E-state index is -0.0153. The Hall–Kier alpha value is -1.03. The molecule has 0 heterocycles. The van der Waals surface area contributed by atoms with Gasteiger partial charge in [-0.05, 0) is 61.7 Å². The summed E-state index contributed by atoms with van der Waals surface area (Å²) in [6.07, 6.45) is 0. The Morgan fingerprint density at radius 2 is 1.70 bits per heavy atom. The van der Waals surface area contributed by atoms with Crippen LogP contribution in [-0.2, 0) is 0 Å². The second-order valence-corrected chi connectivity index (χ2v) is 6.18. The molecule has 4 heteroatoms. The Morgan fingerprint density at radius 3 is 2.20 bits per heavy atom. The molecule has 0 fully saturated rings. The largest absolute Gasteiger partial charge is 0.457 e. The van der Waals surface area contributed by atoms with Gasteiger partial charge in [0.1, 0.15) is 11.5 Å². The Labute approximate surface area is 133 Å². The van der Waals surface area contributed by atoms with Crippen LogP contribution in [0.15, 0.2) is 34.8 Å². The molecule has 1 unspecified atom stereocenters. The van der Waals surface area contributed by atoms with Crippen molar-refractivity contribution in [3.63, 3.8) is 0 Å². The molecule has 106 valence electrons. The van der Waals surface area contributed by atoms with Gasteiger partial charge in [0.05, 0.1) is 0 Å². The molecule has 0 saturated heterocycles. The first kappa shape index (κ1) is 15.4. The molecule has 0 aliphatic heterocycles. The summed E-state index contributed by atoms with van der Waals surface area (Å²) in [5.41, 5.74) is 8.96. The summed E-state index contributed by atoms with van der Waals surface area (Å²) in [5, 5.41) is 0.783. The van der Waals surface area contributed by atoms with Gasteiger partial charge in [-0.3, -0.25) is 0 Å². The quantitative estimate of drug-likeness (QED) is 0.786. The van der Waals surface area contributed by atoms with Gasteiger partial charge in [0.15, 0.2) is 0 Å². The van der Waals surface area contributed by atoms with E-state index in [9.17, 15) is 0 Å². The van der Waals surface area contributed by atoms with E-state index >= 15 is 0 Å². The van der Waals surface area contributed by atoms with E-state index in [-0.39, 0.29) is 6.04 Å². The molecule has 2 aromatic rings. The van der Waals surface area contributed by atoms with Crippen LogP contribution >= 0.6 is 27.5 Å². The second-order valence-electron chi connectivity index (χ2n) is 4.95. The maximum Gasteiger partial charge on any atom is 0.128 e. The predicted molar refractivity (Wildman–Crippen MR) is 87.7 cm³/mol. The average molecular weight is 355 g/mol. The molecule has 0 aliphatic carbocycles. The molecule has 2 nitrogen and oxygen atoms in total. The summed E-state index contributed by atoms with van der Waals surface area (Å²) in [5.74, 6) is 1.55. The molecular weight excluding hydrogens is 338 g/mol. The van der Waals surface area contributed by atoms with E-state index in [1.165, 1.54) is 0 Å². The molecule has 0 saturated carbocycles. The summed E-state index contributed by atoms with van der Waals surface area (Å²) in [7, 11) is 0. The summed E-state index contributed by atoms with van der Waals surface area (Å²) >= 11 is 9.68. The van der Waals surface area contributed by atoms with Gasteiger partial charge in [-0.25, -0.2) is 0 Å². The van der Waals surface area contributed by atoms with Crippen molar-refractivity contribution in [2.75, 3.05) is 0 Å². The molecule has 20 heavy (non-hydrogen) atoms. The van der Waals surface area contributed by atoms with Crippen LogP contribution in [-0.4, -0.2) is 0 Å². The molecule has 0 radical (unpaired) electrons. The molecule has 0 bridgehead atoms. The maximum absolute atomic E-state index is 6.16. The number of hydrogen-bond acceptors (Lipinski definition) is 2. The average Bonchev–Trinajstić information content (AvgIpc) is 2.35. The third kappa shape index (κ3) is 3.35. The fourth-order valence-electron chi connectivity index (χ4n) is 2.04. The van der Waals surface area contributed by atoms with E-state index in [0.717, 1.165) is 37.7 Å². The summed E-state index contributed by atoms with van der Waals surface area (Å²) in [6.45, 7) is 5.89. The Balaban J connectivity index is 2.29. The van der Waals surface area contributed by atoms with Gasteiger partial charge in [0.25, 0.3) is 0 Å². The zero-order chi connectivity index (χ0) is 14.9. The topological polar surface area (TPSA) is 35.2 Å². The number of hydrogen-bond donors (Lipinski definition) is 1. The van der Waals surface area contributed by atoms with E-state index < -0.39 is 0 Å². The van der Waals surface area contributed by atoms with Crippen molar-refractivity contribution in [3.8, 4) is 11.5 Å². The molecule has 0 aromatic heterocycles. The number of ether oxygens (including phenoxy) is 1. The SMILES string of the molecule is Cc1cc(Oc2ccc(C(C)N)c(Br)c2)cc(C)c1Cl. The van der Waals surface area contributed by atoms with Crippen molar-refractivity contribution in [3.05, 3.63) is 56.5 Å². The van der Waals surface area contributed by atoms with Crippen molar-refractivity contribution in [2.24, 2.45) is 5.73 Å². The summed E-state index contributed by atoms with van der Waals surface area (Å²) in [4.78, 5) is 0. The number of benzene rings is 2. The third-order valence-corrected chi connectivity index (χ3v) is 4.39. The highest BCUT2D eigenvalue weighted by atomic mass is 79.9. The molecule has 2 N–H and O–H groups in total. The number of rotatable bonds is 3. The Bertz CT molecular complexity index is 617. The highest BCUT2D eigenvalue weighted by Crippen LogP contribution is 2.32. The van der Waals surface area contributed by atoms with Crippen molar-refractivity contribution in [1.82, 2.24) is 0 Å². The molecular formula is C16H17BrClNO. The summed E-state index contributed by atoms with van der Waals surface area (Å²) in [6, 6.07) is 9.67. The standard InChI is InChI=1S/C16H17BrClNO/c1-9-6-13(7-10(2)16(9)18)20-12-4-5-14(11(3)19)15(17)8-12/h4-8,11H,19H2,1-3H3. The fraction of sp³-hybridized carbons (Fsp3) is 0.250. The molecule has 0 spiro atoms. The monoisotopic (exact) mass is 353 g/mol. The highest BCUT2D eigenvalue weighted by Gasteiger charge is 2.08. The number of halogens is 2. The van der Waals surface area contributed by atoms with Crippen LogP contribution in [0, 0.1) is 13.8 Å². The highest BCUT2D eigenvalue weighted by molar-refractivity contribution is 9.10. The van der Waals surface area contributed by atoms with E-state index in [1.807, 2.05) is 51.1 Å². The summed E-state index contributed by atoms with van der Waals surface area (Å²) < 4.78 is 6.83. The molecule has 2 aromatic carbocycles. The predicted octanol–water partition coefficient (Wildman–Crippen LogP) is 5.53. The van der Waals surface area contributed by atoms with Gasteiger partial charge >= 0.3 is 0 Å². The van der Waals surface area contributed by atoms with Crippen LogP contribution in [0.1, 0.15) is 29.7 Å². The van der Waals surface area contributed by atoms with Crippen molar-refractivity contribution >= 4 is 27.5 Å². The Kier molecular flexibility index (Phi) is 4.74. The first-order chi connectivity index (χ1) is 9.38. The molecule has 2 rings (SSSR count). The van der Waals surface area contributed by atoms with E-state index in [0.29, 0.717) is 0 Å². The van der Waals surface area contributed by atoms with Crippen molar-refractivity contribution < 1.29 is 4.74 Å². The van der Waals surface area contributed by atoms with E-state index in [2.05, 4.69) is 15.9 Å². The van der Waals surface area contributed by atoms with Gasteiger partial charge < -0.3 is 10.5 Å². The zero-order valence-corrected chi connectivity index (χ0v) is 14.0. The molecule has 0 amide bonds. The lowest BCUT2D eigenvalue weighted by Gasteiger charge is -2.12. The normalized spacial score (nSPS) is 12.3. The van der Waals surface area contributed by atoms with Gasteiger partial charge in [0.2, 0.25) is 0 Å². The minimum absolute atomic E-state index is 0.0153. The van der Waals surface area contributed by atoms with Gasteiger partial charge in [-0.2, -0.15) is 0 Å². The lowest BCUT2D eigenvalue weighted by molar-refractivity contribution is 0.481. The van der Waals surface area contributed by atoms with Gasteiger partial charge in [-0.1, -0.05) is 33.6 Å². The smallest absolute Gasteiger partial charge is 0.128 e. The fourth-order valence-corrected chi connectivity index (χ4v) is 2.87. The first-order valence-corrected chi connectivity index (χ1v) is 7.55. The molecule has 0 aliphatic rings. The lowest BCUT2D eigenvalue weighted by Crippen LogP contribution is -2.05. The number of aryl methyl sites for hydroxylation is 2. The minimum Gasteiger partial charge on any atom is -0.457 e. The van der Waals surface area contributed by atoms with E-state index in [1.54, 1.807) is 0 Å². The third-order valence-electron chi connectivity index (χ3n) is 3.11. The lowest BCUT2D eigenvalue weighted by atomic mass is 10.1. The van der Waals surface area contributed by atoms with Crippen LogP contribution in [0.25, 0.3) is 0 Å². The van der Waals surface area contributed by atoms with Crippen LogP contribution < -0.4 is 10.5 Å². The van der Waals surface area contributed by atoms with Crippen LogP contribution in [0.3, 0.4) is 0 Å². The van der Waals surface area contributed by atoms with Gasteiger partial charge in [0, 0.05) is 15.5 Å². The van der Waals surface area contributed by atoms with Crippen molar-refractivity contribution in [1.29, 1.82) is 0 Å². The Morgan fingerprint density at radius 1 is 1.10 bits per heavy atom. The van der Waals surface area contributed by atoms with Crippen molar-refractivity contribution in [2.45, 2.75) is 26.8 Å². The zero-order valence-electron chi connectivity index (χ0n) is 11.7. The number of nitrogens with two attached hydrogens (primary N) is 1. The van der Waals surface area contributed by atoms with Gasteiger partial charge in [-0.15, -0.1) is 0 Å². The van der Waals surface area contributed by atoms with Crippen LogP contribution in [0.4, 0.5) is 0 Å². The first-order valence-electron chi connectivity index (χ1n) is 6.38. The second kappa shape index (κ2) is 6.17. The van der Waals surface area contributed by atoms with Crippen LogP contribution in [0.2, 0.25) is 5.02 Å². The van der Waals surface area contributed by atoms with Crippen LogP contribution in [0.5, 0.6) is 11.5 Å². The van der Waals surface area contributed by atoms with E-state index in [4.69, 9.17) is 22.1 Å². The molecule has 1 atom stereocenters. The maximum atomic E-state index is 6.16.